The van der Waals surface area contributed by atoms with Crippen molar-refractivity contribution < 1.29 is 9.90 Å². The van der Waals surface area contributed by atoms with Gasteiger partial charge in [-0.3, -0.25) is 0 Å². The van der Waals surface area contributed by atoms with Crippen LogP contribution in [0.2, 0.25) is 0 Å². The molecule has 0 aliphatic rings. The average molecular weight is 274 g/mol. The van der Waals surface area contributed by atoms with Crippen molar-refractivity contribution in [2.75, 3.05) is 25.1 Å². The molecule has 0 spiro atoms. The lowest BCUT2D eigenvalue weighted by Gasteiger charge is -2.11. The summed E-state index contributed by atoms with van der Waals surface area (Å²) in [6.45, 7) is 0.909. The smallest absolute Gasteiger partial charge is 0.314 e. The highest BCUT2D eigenvalue weighted by atomic mass is 32.2. The molecule has 2 amide bonds. The number of nitrogens with one attached hydrogen (secondary N) is 2. The van der Waals surface area contributed by atoms with E-state index in [0.717, 1.165) is 17.7 Å². The van der Waals surface area contributed by atoms with E-state index >= 15 is 0 Å². The maximum absolute atomic E-state index is 11.3. The van der Waals surface area contributed by atoms with Gasteiger partial charge >= 0.3 is 6.03 Å². The van der Waals surface area contributed by atoms with Gasteiger partial charge in [-0.25, -0.2) is 4.79 Å². The molecule has 6 heteroatoms. The number of amides is 2. The van der Waals surface area contributed by atoms with Gasteiger partial charge in [-0.05, 0) is 40.8 Å². The number of carbonyl (C=O) groups is 1. The van der Waals surface area contributed by atoms with Crippen LogP contribution in [0.4, 0.5) is 4.79 Å². The predicted octanol–water partition coefficient (Wildman–Crippen LogP) is 1.83. The summed E-state index contributed by atoms with van der Waals surface area (Å²) >= 11 is 3.29. The molecule has 3 N–H and O–H groups in total. The molecule has 1 atom stereocenters. The van der Waals surface area contributed by atoms with E-state index in [1.54, 1.807) is 11.8 Å². The van der Waals surface area contributed by atoms with Gasteiger partial charge in [0.05, 0.1) is 6.10 Å². The van der Waals surface area contributed by atoms with Crippen LogP contribution in [0.5, 0.6) is 0 Å². The molecule has 0 bridgehead atoms. The van der Waals surface area contributed by atoms with Crippen molar-refractivity contribution in [2.45, 2.75) is 12.5 Å². The summed E-state index contributed by atoms with van der Waals surface area (Å²) in [4.78, 5) is 11.3. The number of aliphatic hydroxyl groups excluding tert-OH is 1. The molecule has 0 aromatic carbocycles. The fourth-order valence-corrected chi connectivity index (χ4v) is 2.39. The number of rotatable bonds is 7. The first-order valence-electron chi connectivity index (χ1n) is 5.45. The molecule has 1 unspecified atom stereocenters. The lowest BCUT2D eigenvalue weighted by Crippen LogP contribution is -2.38. The van der Waals surface area contributed by atoms with Gasteiger partial charge in [-0.2, -0.15) is 23.1 Å². The molecule has 1 aromatic heterocycles. The third-order valence-electron chi connectivity index (χ3n) is 2.19. The first-order chi connectivity index (χ1) is 8.24. The SMILES string of the molecule is CSCCCNC(=O)NCC(O)c1ccsc1. The molecular formula is C11H18N2O2S2. The fourth-order valence-electron chi connectivity index (χ4n) is 1.25. The number of hydrogen-bond acceptors (Lipinski definition) is 4. The standard InChI is InChI=1S/C11H18N2O2S2/c1-16-5-2-4-12-11(15)13-7-10(14)9-3-6-17-8-9/h3,6,8,10,14H,2,4-5,7H2,1H3,(H2,12,13,15). The van der Waals surface area contributed by atoms with Gasteiger partial charge in [0.1, 0.15) is 0 Å². The van der Waals surface area contributed by atoms with Gasteiger partial charge in [-0.15, -0.1) is 0 Å². The number of hydrogen-bond donors (Lipinski definition) is 3. The lowest BCUT2D eigenvalue weighted by atomic mass is 10.2. The normalized spacial score (nSPS) is 12.1. The summed E-state index contributed by atoms with van der Waals surface area (Å²) in [6, 6.07) is 1.63. The average Bonchev–Trinajstić information content (AvgIpc) is 2.85. The number of aliphatic hydroxyl groups is 1. The summed E-state index contributed by atoms with van der Waals surface area (Å²) in [7, 11) is 0. The zero-order chi connectivity index (χ0) is 12.5. The molecule has 1 aromatic rings. The largest absolute Gasteiger partial charge is 0.387 e. The van der Waals surface area contributed by atoms with Crippen LogP contribution >= 0.6 is 23.1 Å². The Labute approximate surface area is 110 Å². The summed E-state index contributed by atoms with van der Waals surface area (Å²) in [6.07, 6.45) is 2.37. The van der Waals surface area contributed by atoms with E-state index in [-0.39, 0.29) is 12.6 Å². The van der Waals surface area contributed by atoms with Crippen LogP contribution in [0.15, 0.2) is 16.8 Å². The lowest BCUT2D eigenvalue weighted by molar-refractivity contribution is 0.173. The summed E-state index contributed by atoms with van der Waals surface area (Å²) in [5.74, 6) is 1.04. The first-order valence-corrected chi connectivity index (χ1v) is 7.78. The fraction of sp³-hybridized carbons (Fsp3) is 0.545. The summed E-state index contributed by atoms with van der Waals surface area (Å²) in [5.41, 5.74) is 0.845. The Bertz CT molecular complexity index is 317. The molecule has 0 aliphatic carbocycles. The Morgan fingerprint density at radius 2 is 2.41 bits per heavy atom. The minimum absolute atomic E-state index is 0.222. The van der Waals surface area contributed by atoms with E-state index in [2.05, 4.69) is 10.6 Å². The van der Waals surface area contributed by atoms with Crippen molar-refractivity contribution in [1.82, 2.24) is 10.6 Å². The van der Waals surface area contributed by atoms with E-state index in [9.17, 15) is 9.90 Å². The van der Waals surface area contributed by atoms with E-state index < -0.39 is 6.10 Å². The third-order valence-corrected chi connectivity index (χ3v) is 3.59. The van der Waals surface area contributed by atoms with Crippen molar-refractivity contribution in [3.8, 4) is 0 Å². The highest BCUT2D eigenvalue weighted by molar-refractivity contribution is 7.98. The molecule has 17 heavy (non-hydrogen) atoms. The molecule has 1 heterocycles. The second kappa shape index (κ2) is 8.38. The van der Waals surface area contributed by atoms with Crippen molar-refractivity contribution in [3.63, 3.8) is 0 Å². The monoisotopic (exact) mass is 274 g/mol. The number of carbonyl (C=O) groups excluding carboxylic acids is 1. The number of thioether (sulfide) groups is 1. The van der Waals surface area contributed by atoms with Gasteiger partial charge < -0.3 is 15.7 Å². The minimum atomic E-state index is -0.627. The van der Waals surface area contributed by atoms with Crippen molar-refractivity contribution in [3.05, 3.63) is 22.4 Å². The molecule has 0 saturated carbocycles. The van der Waals surface area contributed by atoms with Crippen LogP contribution in [0, 0.1) is 0 Å². The third kappa shape index (κ3) is 5.95. The predicted molar refractivity (Wildman–Crippen MR) is 73.7 cm³/mol. The highest BCUT2D eigenvalue weighted by Gasteiger charge is 2.08. The highest BCUT2D eigenvalue weighted by Crippen LogP contribution is 2.14. The van der Waals surface area contributed by atoms with Crippen LogP contribution in [-0.2, 0) is 0 Å². The van der Waals surface area contributed by atoms with Crippen molar-refractivity contribution >= 4 is 29.1 Å². The molecule has 0 aliphatic heterocycles. The number of urea groups is 1. The quantitative estimate of drug-likeness (QED) is 0.665. The maximum atomic E-state index is 11.3. The van der Waals surface area contributed by atoms with Gasteiger partial charge in [0, 0.05) is 13.1 Å². The zero-order valence-corrected chi connectivity index (χ0v) is 11.4. The maximum Gasteiger partial charge on any atom is 0.314 e. The van der Waals surface area contributed by atoms with Gasteiger partial charge in [-0.1, -0.05) is 0 Å². The zero-order valence-electron chi connectivity index (χ0n) is 9.81. The summed E-state index contributed by atoms with van der Waals surface area (Å²) in [5, 5.41) is 18.9. The summed E-state index contributed by atoms with van der Waals surface area (Å²) < 4.78 is 0. The van der Waals surface area contributed by atoms with E-state index in [1.807, 2.05) is 23.1 Å². The molecule has 1 rings (SSSR count). The Balaban J connectivity index is 2.11. The van der Waals surface area contributed by atoms with Crippen LogP contribution in [0.1, 0.15) is 18.1 Å². The van der Waals surface area contributed by atoms with Crippen molar-refractivity contribution in [1.29, 1.82) is 0 Å². The second-order valence-electron chi connectivity index (χ2n) is 3.56. The minimum Gasteiger partial charge on any atom is -0.387 e. The van der Waals surface area contributed by atoms with E-state index in [0.29, 0.717) is 6.54 Å². The Morgan fingerprint density at radius 3 is 3.06 bits per heavy atom. The van der Waals surface area contributed by atoms with Gasteiger partial charge in [0.2, 0.25) is 0 Å². The van der Waals surface area contributed by atoms with E-state index in [4.69, 9.17) is 0 Å². The van der Waals surface area contributed by atoms with Crippen molar-refractivity contribution in [2.24, 2.45) is 0 Å². The Hall–Kier alpha value is -0.720. The second-order valence-corrected chi connectivity index (χ2v) is 5.32. The number of thiophene rings is 1. The Kier molecular flexibility index (Phi) is 7.07. The molecular weight excluding hydrogens is 256 g/mol. The molecule has 0 saturated heterocycles. The Morgan fingerprint density at radius 1 is 1.59 bits per heavy atom. The molecule has 96 valence electrons. The van der Waals surface area contributed by atoms with Crippen LogP contribution < -0.4 is 10.6 Å². The van der Waals surface area contributed by atoms with Crippen LogP contribution in [-0.4, -0.2) is 36.2 Å². The van der Waals surface area contributed by atoms with Gasteiger partial charge in [0.25, 0.3) is 0 Å². The van der Waals surface area contributed by atoms with Crippen LogP contribution in [0.3, 0.4) is 0 Å². The topological polar surface area (TPSA) is 61.4 Å². The molecule has 4 nitrogen and oxygen atoms in total. The molecule has 0 radical (unpaired) electrons. The first kappa shape index (κ1) is 14.3. The van der Waals surface area contributed by atoms with E-state index in [1.165, 1.54) is 11.3 Å². The van der Waals surface area contributed by atoms with Gasteiger partial charge in [0.15, 0.2) is 0 Å². The van der Waals surface area contributed by atoms with Crippen LogP contribution in [0.25, 0.3) is 0 Å². The molecule has 0 fully saturated rings.